The molecular weight excluding hydrogens is 647 g/mol. The molecule has 50 heavy (non-hydrogen) atoms. The second-order valence-corrected chi connectivity index (χ2v) is 10.3. The molecule has 0 unspecified atom stereocenters. The average molecular weight is 685 g/mol. The van der Waals surface area contributed by atoms with Crippen LogP contribution in [0.1, 0.15) is 31.1 Å². The van der Waals surface area contributed by atoms with Crippen molar-refractivity contribution in [1.29, 1.82) is 0 Å². The summed E-state index contributed by atoms with van der Waals surface area (Å²) in [6.07, 6.45) is 0. The molecule has 0 aliphatic heterocycles. The Morgan fingerprint density at radius 1 is 0.320 bits per heavy atom. The third-order valence-corrected chi connectivity index (χ3v) is 7.24. The van der Waals surface area contributed by atoms with Crippen LogP contribution in [0.2, 0.25) is 0 Å². The van der Waals surface area contributed by atoms with Gasteiger partial charge in [-0.25, -0.2) is 14.4 Å². The van der Waals surface area contributed by atoms with Crippen molar-refractivity contribution >= 4 is 27.0 Å². The van der Waals surface area contributed by atoms with Crippen molar-refractivity contribution in [3.8, 4) is 33.4 Å². The van der Waals surface area contributed by atoms with Crippen molar-refractivity contribution < 1.29 is 33.2 Å². The van der Waals surface area contributed by atoms with Crippen molar-refractivity contribution in [2.45, 2.75) is 0 Å². The van der Waals surface area contributed by atoms with Crippen LogP contribution in [0.3, 0.4) is 0 Å². The number of esters is 3. The van der Waals surface area contributed by atoms with Crippen molar-refractivity contribution in [3.63, 3.8) is 0 Å². The molecule has 0 amide bonds. The fourth-order valence-corrected chi connectivity index (χ4v) is 4.64. The zero-order valence-corrected chi connectivity index (χ0v) is 28.9. The molecule has 6 aromatic carbocycles. The first-order chi connectivity index (χ1) is 24.4. The van der Waals surface area contributed by atoms with Gasteiger partial charge in [0.2, 0.25) is 0 Å². The van der Waals surface area contributed by atoms with Crippen LogP contribution in [0.4, 0.5) is 0 Å². The number of hydrogen-bond donors (Lipinski definition) is 0. The summed E-state index contributed by atoms with van der Waals surface area (Å²) in [6, 6.07) is 52.2. The minimum atomic E-state index is -0.306. The van der Waals surface area contributed by atoms with E-state index < -0.39 is 0 Å². The second kappa shape index (κ2) is 20.9. The number of benzene rings is 6. The molecule has 0 saturated carbocycles. The van der Waals surface area contributed by atoms with Crippen LogP contribution in [-0.4, -0.2) is 39.2 Å². The van der Waals surface area contributed by atoms with Gasteiger partial charge in [0.05, 0.1) is 38.0 Å². The van der Waals surface area contributed by atoms with E-state index in [-0.39, 0.29) is 17.9 Å². The molecule has 0 aliphatic rings. The molecule has 0 aliphatic carbocycles. The molecule has 0 aromatic heterocycles. The number of carbonyl (C=O) groups is 3. The lowest BCUT2D eigenvalue weighted by Gasteiger charge is -2.02. The van der Waals surface area contributed by atoms with E-state index in [1.165, 1.54) is 21.3 Å². The fourth-order valence-electron chi connectivity index (χ4n) is 4.64. The third kappa shape index (κ3) is 11.5. The van der Waals surface area contributed by atoms with Gasteiger partial charge in [-0.1, -0.05) is 127 Å². The first-order valence-corrected chi connectivity index (χ1v) is 15.8. The van der Waals surface area contributed by atoms with E-state index in [1.807, 2.05) is 127 Å². The molecule has 0 saturated heterocycles. The van der Waals surface area contributed by atoms with Gasteiger partial charge in [0.15, 0.2) is 0 Å². The molecule has 0 heterocycles. The number of methoxy groups -OCH3 is 3. The van der Waals surface area contributed by atoms with Crippen LogP contribution in [0, 0.1) is 0 Å². The van der Waals surface area contributed by atoms with Gasteiger partial charge in [-0.2, -0.15) is 0 Å². The summed E-state index contributed by atoms with van der Waals surface area (Å²) in [7, 11) is 5.87. The average Bonchev–Trinajstić information content (AvgIpc) is 3.22. The van der Waals surface area contributed by atoms with E-state index in [9.17, 15) is 14.4 Å². The van der Waals surface area contributed by atoms with E-state index in [4.69, 9.17) is 4.57 Å². The van der Waals surface area contributed by atoms with Gasteiger partial charge < -0.3 is 14.2 Å². The molecule has 0 fully saturated rings. The smallest absolute Gasteiger partial charge is 0.337 e. The van der Waals surface area contributed by atoms with Crippen LogP contribution in [0.15, 0.2) is 164 Å². The number of hydrogen-bond acceptors (Lipinski definition) is 7. The second-order valence-electron chi connectivity index (χ2n) is 10.3. The number of rotatable bonds is 6. The highest BCUT2D eigenvalue weighted by Crippen LogP contribution is 2.21. The van der Waals surface area contributed by atoms with E-state index in [1.54, 1.807) is 45.5 Å². The molecular formula is C42H37O7P. The van der Waals surface area contributed by atoms with Crippen LogP contribution in [-0.2, 0) is 18.8 Å². The molecule has 0 radical (unpaired) electrons. The van der Waals surface area contributed by atoms with Crippen LogP contribution >= 0.6 is 9.12 Å². The highest BCUT2D eigenvalue weighted by atomic mass is 31.0. The molecule has 252 valence electrons. The quantitative estimate of drug-likeness (QED) is 0.0979. The lowest BCUT2D eigenvalue weighted by Crippen LogP contribution is -2.00. The zero-order chi connectivity index (χ0) is 36.1. The van der Waals surface area contributed by atoms with E-state index in [0.29, 0.717) is 16.7 Å². The Morgan fingerprint density at radius 2 is 0.500 bits per heavy atom. The van der Waals surface area contributed by atoms with Gasteiger partial charge in [-0.05, 0) is 69.8 Å². The molecule has 0 spiro atoms. The lowest BCUT2D eigenvalue weighted by atomic mass is 10.0. The largest absolute Gasteiger partial charge is 0.465 e. The third-order valence-electron chi connectivity index (χ3n) is 7.24. The summed E-state index contributed by atoms with van der Waals surface area (Å²) in [5, 5.41) is 0. The van der Waals surface area contributed by atoms with Gasteiger partial charge in [-0.3, -0.25) is 4.57 Å². The van der Waals surface area contributed by atoms with Gasteiger partial charge in [0.25, 0.3) is 0 Å². The minimum absolute atomic E-state index is 0.306. The highest BCUT2D eigenvalue weighted by molar-refractivity contribution is 7.00. The topological polar surface area (TPSA) is 96.0 Å². The maximum Gasteiger partial charge on any atom is 0.337 e. The van der Waals surface area contributed by atoms with E-state index in [2.05, 4.69) is 14.2 Å². The summed E-state index contributed by atoms with van der Waals surface area (Å²) in [4.78, 5) is 33.7. The van der Waals surface area contributed by atoms with Crippen molar-refractivity contribution in [3.05, 3.63) is 180 Å². The molecule has 8 heteroatoms. The lowest BCUT2D eigenvalue weighted by molar-refractivity contribution is 0.0592. The summed E-state index contributed by atoms with van der Waals surface area (Å²) < 4.78 is 22.0. The molecule has 6 aromatic rings. The van der Waals surface area contributed by atoms with Crippen LogP contribution in [0.5, 0.6) is 0 Å². The molecule has 0 atom stereocenters. The summed E-state index contributed by atoms with van der Waals surface area (Å²) in [5.74, 6) is -0.918. The van der Waals surface area contributed by atoms with Gasteiger partial charge >= 0.3 is 17.9 Å². The first kappa shape index (κ1) is 38.3. The number of carbonyl (C=O) groups excluding carboxylic acids is 3. The Hall–Kier alpha value is -6.17. The predicted molar refractivity (Wildman–Crippen MR) is 199 cm³/mol. The fraction of sp³-hybridized carbons (Fsp3) is 0.0714. The van der Waals surface area contributed by atoms with Gasteiger partial charge in [0.1, 0.15) is 9.12 Å². The monoisotopic (exact) mass is 684 g/mol. The first-order valence-electron chi connectivity index (χ1n) is 15.3. The molecule has 6 rings (SSSR count). The molecule has 0 N–H and O–H groups in total. The van der Waals surface area contributed by atoms with Crippen molar-refractivity contribution in [2.75, 3.05) is 21.3 Å². The molecule has 7 nitrogen and oxygen atoms in total. The Labute approximate surface area is 294 Å². The van der Waals surface area contributed by atoms with Crippen LogP contribution < -0.4 is 0 Å². The van der Waals surface area contributed by atoms with Crippen molar-refractivity contribution in [2.24, 2.45) is 0 Å². The molecule has 0 bridgehead atoms. The Morgan fingerprint density at radius 3 is 0.680 bits per heavy atom. The maximum atomic E-state index is 11.2. The Kier molecular flexibility index (Phi) is 16.0. The Balaban J connectivity index is 0.000000198. The van der Waals surface area contributed by atoms with E-state index in [0.717, 1.165) is 33.4 Å². The van der Waals surface area contributed by atoms with Crippen molar-refractivity contribution in [1.82, 2.24) is 0 Å². The summed E-state index contributed by atoms with van der Waals surface area (Å²) in [5.41, 5.74) is 8.40. The van der Waals surface area contributed by atoms with Crippen LogP contribution in [0.25, 0.3) is 33.4 Å². The van der Waals surface area contributed by atoms with Gasteiger partial charge in [-0.15, -0.1) is 0 Å². The summed E-state index contributed by atoms with van der Waals surface area (Å²) >= 11 is 0. The standard InChI is InChI=1S/3C14H12O2.HOP/c3*1-16-14(15)13-9-7-12(8-10-13)11-5-3-2-4-6-11;1-2/h3*2-10H,1H3;2H. The number of ether oxygens (including phenoxy) is 3. The maximum absolute atomic E-state index is 11.2. The zero-order valence-electron chi connectivity index (χ0n) is 27.9. The van der Waals surface area contributed by atoms with Gasteiger partial charge in [0, 0.05) is 0 Å². The highest BCUT2D eigenvalue weighted by Gasteiger charge is 2.06. The van der Waals surface area contributed by atoms with E-state index >= 15 is 0 Å². The summed E-state index contributed by atoms with van der Waals surface area (Å²) in [6.45, 7) is 0. The minimum Gasteiger partial charge on any atom is -0.465 e. The predicted octanol–water partition coefficient (Wildman–Crippen LogP) is 9.90. The normalized spacial score (nSPS) is 9.50. The SMILES string of the molecule is COC(=O)c1ccc(-c2ccccc2)cc1.COC(=O)c1ccc(-c2ccccc2)cc1.COC(=O)c1ccc(-c2ccccc2)cc1.O=P. The Bertz CT molecular complexity index is 1670.